The van der Waals surface area contributed by atoms with Crippen LogP contribution in [0.15, 0.2) is 60.7 Å². The first-order chi connectivity index (χ1) is 12.6. The van der Waals surface area contributed by atoms with Gasteiger partial charge in [0, 0.05) is 25.2 Å². The first kappa shape index (κ1) is 24.4. The fourth-order valence-electron chi connectivity index (χ4n) is 3.62. The molecule has 0 bridgehead atoms. The monoisotopic (exact) mass is 423 g/mol. The zero-order valence-electron chi connectivity index (χ0n) is 16.3. The molecule has 0 aromatic heterocycles. The zero-order chi connectivity index (χ0) is 18.4. The molecule has 1 fully saturated rings. The minimum atomic E-state index is -0.278. The third-order valence-corrected chi connectivity index (χ3v) is 5.24. The fourth-order valence-corrected chi connectivity index (χ4v) is 3.62. The second kappa shape index (κ2) is 12.1. The van der Waals surface area contributed by atoms with Gasteiger partial charge in [0.25, 0.3) is 0 Å². The van der Waals surface area contributed by atoms with E-state index < -0.39 is 0 Å². The zero-order valence-corrected chi connectivity index (χ0v) is 17.9. The Morgan fingerprint density at radius 2 is 1.71 bits per heavy atom. The predicted octanol–water partition coefficient (Wildman–Crippen LogP) is 3.95. The molecule has 0 spiro atoms. The molecule has 1 heterocycles. The maximum Gasteiger partial charge on any atom is 0.225 e. The molecule has 4 nitrogen and oxygen atoms in total. The van der Waals surface area contributed by atoms with Crippen molar-refractivity contribution >= 4 is 30.7 Å². The maximum absolute atomic E-state index is 12.7. The van der Waals surface area contributed by atoms with E-state index in [1.807, 2.05) is 43.3 Å². The summed E-state index contributed by atoms with van der Waals surface area (Å²) in [7, 11) is 0. The maximum atomic E-state index is 12.7. The van der Waals surface area contributed by atoms with Crippen molar-refractivity contribution in [1.82, 2.24) is 10.2 Å². The molecular formula is C22H31Cl2N3O. The van der Waals surface area contributed by atoms with Gasteiger partial charge < -0.3 is 11.1 Å². The van der Waals surface area contributed by atoms with E-state index in [4.69, 9.17) is 5.73 Å². The number of benzene rings is 2. The summed E-state index contributed by atoms with van der Waals surface area (Å²) in [4.78, 5) is 15.1. The van der Waals surface area contributed by atoms with Crippen LogP contribution in [0.2, 0.25) is 0 Å². The van der Waals surface area contributed by atoms with Crippen LogP contribution in [0.25, 0.3) is 0 Å². The van der Waals surface area contributed by atoms with Gasteiger partial charge in [-0.15, -0.1) is 24.8 Å². The van der Waals surface area contributed by atoms with E-state index in [-0.39, 0.29) is 48.7 Å². The topological polar surface area (TPSA) is 58.4 Å². The first-order valence-electron chi connectivity index (χ1n) is 9.50. The van der Waals surface area contributed by atoms with Gasteiger partial charge in [0.2, 0.25) is 5.91 Å². The van der Waals surface area contributed by atoms with E-state index in [1.54, 1.807) is 0 Å². The standard InChI is InChI=1S/C22H29N3O.2ClH/c1-17(21(23)19-11-6-3-7-12-19)22(26)24-20-13-8-14-25(16-20)15-18-9-4-2-5-10-18;;/h2-7,9-12,17,20-21H,8,13-16,23H2,1H3,(H,24,26);2*1H. The molecule has 28 heavy (non-hydrogen) atoms. The molecule has 0 radical (unpaired) electrons. The van der Waals surface area contributed by atoms with E-state index in [1.165, 1.54) is 5.56 Å². The van der Waals surface area contributed by atoms with Crippen LogP contribution in [0.4, 0.5) is 0 Å². The van der Waals surface area contributed by atoms with Crippen LogP contribution >= 0.6 is 24.8 Å². The smallest absolute Gasteiger partial charge is 0.225 e. The highest BCUT2D eigenvalue weighted by Gasteiger charge is 2.26. The van der Waals surface area contributed by atoms with E-state index in [0.717, 1.165) is 38.0 Å². The molecule has 3 unspecified atom stereocenters. The molecule has 1 aliphatic rings. The van der Waals surface area contributed by atoms with Crippen LogP contribution in [0.3, 0.4) is 0 Å². The summed E-state index contributed by atoms with van der Waals surface area (Å²) < 4.78 is 0. The number of piperidine rings is 1. The van der Waals surface area contributed by atoms with Crippen molar-refractivity contribution in [1.29, 1.82) is 0 Å². The summed E-state index contributed by atoms with van der Waals surface area (Å²) in [6.07, 6.45) is 2.14. The SMILES string of the molecule is CC(C(=O)NC1CCCN(Cc2ccccc2)C1)C(N)c1ccccc1.Cl.Cl. The minimum absolute atomic E-state index is 0. The molecule has 2 aromatic carbocycles. The minimum Gasteiger partial charge on any atom is -0.352 e. The van der Waals surface area contributed by atoms with Gasteiger partial charge in [0.15, 0.2) is 0 Å². The molecule has 0 saturated carbocycles. The molecule has 2 aromatic rings. The second-order valence-corrected chi connectivity index (χ2v) is 7.29. The highest BCUT2D eigenvalue weighted by atomic mass is 35.5. The summed E-state index contributed by atoms with van der Waals surface area (Å²) in [6, 6.07) is 20.3. The van der Waals surface area contributed by atoms with E-state index in [0.29, 0.717) is 0 Å². The van der Waals surface area contributed by atoms with Gasteiger partial charge in [-0.05, 0) is 30.5 Å². The number of nitrogens with one attached hydrogen (secondary N) is 1. The van der Waals surface area contributed by atoms with E-state index in [9.17, 15) is 4.79 Å². The number of halogens is 2. The largest absolute Gasteiger partial charge is 0.352 e. The van der Waals surface area contributed by atoms with Gasteiger partial charge in [0.1, 0.15) is 0 Å². The van der Waals surface area contributed by atoms with Crippen molar-refractivity contribution in [3.8, 4) is 0 Å². The summed E-state index contributed by atoms with van der Waals surface area (Å²) in [6.45, 7) is 4.83. The Labute approximate surface area is 180 Å². The summed E-state index contributed by atoms with van der Waals surface area (Å²) >= 11 is 0. The van der Waals surface area contributed by atoms with Gasteiger partial charge in [0.05, 0.1) is 5.92 Å². The number of nitrogens with zero attached hydrogens (tertiary/aromatic N) is 1. The van der Waals surface area contributed by atoms with Crippen LogP contribution in [-0.4, -0.2) is 29.9 Å². The Kier molecular flexibility index (Phi) is 10.5. The summed E-state index contributed by atoms with van der Waals surface area (Å²) in [5.74, 6) is -0.199. The summed E-state index contributed by atoms with van der Waals surface area (Å²) in [5.41, 5.74) is 8.63. The normalized spacial score (nSPS) is 18.9. The average molecular weight is 424 g/mol. The van der Waals surface area contributed by atoms with E-state index >= 15 is 0 Å². The van der Waals surface area contributed by atoms with Gasteiger partial charge in [-0.1, -0.05) is 67.6 Å². The predicted molar refractivity (Wildman–Crippen MR) is 120 cm³/mol. The molecule has 0 aliphatic carbocycles. The number of likely N-dealkylation sites (tertiary alicyclic amines) is 1. The average Bonchev–Trinajstić information content (AvgIpc) is 2.68. The molecule has 6 heteroatoms. The van der Waals surface area contributed by atoms with Crippen molar-refractivity contribution in [2.75, 3.05) is 13.1 Å². The van der Waals surface area contributed by atoms with Crippen LogP contribution in [0.1, 0.15) is 36.9 Å². The Morgan fingerprint density at radius 3 is 2.36 bits per heavy atom. The van der Waals surface area contributed by atoms with Crippen LogP contribution in [0, 0.1) is 5.92 Å². The fraction of sp³-hybridized carbons (Fsp3) is 0.409. The first-order valence-corrected chi connectivity index (χ1v) is 9.50. The van der Waals surface area contributed by atoms with Gasteiger partial charge >= 0.3 is 0 Å². The molecular weight excluding hydrogens is 393 g/mol. The Hall–Kier alpha value is -1.59. The lowest BCUT2D eigenvalue weighted by Gasteiger charge is -2.34. The molecule has 3 N–H and O–H groups in total. The van der Waals surface area contributed by atoms with Crippen LogP contribution < -0.4 is 11.1 Å². The van der Waals surface area contributed by atoms with Crippen molar-refractivity contribution in [2.45, 2.75) is 38.4 Å². The third kappa shape index (κ3) is 6.78. The quantitative estimate of drug-likeness (QED) is 0.739. The van der Waals surface area contributed by atoms with E-state index in [2.05, 4.69) is 34.5 Å². The number of rotatable bonds is 6. The van der Waals surface area contributed by atoms with Crippen molar-refractivity contribution < 1.29 is 4.79 Å². The molecule has 1 saturated heterocycles. The Morgan fingerprint density at radius 1 is 1.11 bits per heavy atom. The van der Waals surface area contributed by atoms with Crippen LogP contribution in [0.5, 0.6) is 0 Å². The Balaban J connectivity index is 0.00000196. The van der Waals surface area contributed by atoms with Crippen LogP contribution in [-0.2, 0) is 11.3 Å². The number of hydrogen-bond acceptors (Lipinski definition) is 3. The Bertz CT molecular complexity index is 699. The van der Waals surface area contributed by atoms with Gasteiger partial charge in [-0.3, -0.25) is 9.69 Å². The molecule has 154 valence electrons. The van der Waals surface area contributed by atoms with Gasteiger partial charge in [-0.25, -0.2) is 0 Å². The summed E-state index contributed by atoms with van der Waals surface area (Å²) in [5, 5.41) is 3.22. The third-order valence-electron chi connectivity index (χ3n) is 5.24. The molecule has 1 amide bonds. The van der Waals surface area contributed by atoms with Gasteiger partial charge in [-0.2, -0.15) is 0 Å². The lowest BCUT2D eigenvalue weighted by atomic mass is 9.94. The molecule has 3 atom stereocenters. The lowest BCUT2D eigenvalue weighted by molar-refractivity contribution is -0.126. The number of nitrogens with two attached hydrogens (primary N) is 1. The second-order valence-electron chi connectivity index (χ2n) is 7.29. The van der Waals surface area contributed by atoms with Crippen molar-refractivity contribution in [3.63, 3.8) is 0 Å². The van der Waals surface area contributed by atoms with Crippen molar-refractivity contribution in [2.24, 2.45) is 11.7 Å². The molecule has 1 aliphatic heterocycles. The van der Waals surface area contributed by atoms with Crippen molar-refractivity contribution in [3.05, 3.63) is 71.8 Å². The number of carbonyl (C=O) groups is 1. The number of amides is 1. The highest BCUT2D eigenvalue weighted by molar-refractivity contribution is 5.85. The highest BCUT2D eigenvalue weighted by Crippen LogP contribution is 2.20. The number of hydrogen-bond donors (Lipinski definition) is 2. The molecule has 3 rings (SSSR count). The lowest BCUT2D eigenvalue weighted by Crippen LogP contribution is -2.49. The number of carbonyl (C=O) groups excluding carboxylic acids is 1.